The zero-order valence-corrected chi connectivity index (χ0v) is 17.1. The lowest BCUT2D eigenvalue weighted by atomic mass is 10.1. The Balaban J connectivity index is 1.74. The minimum atomic E-state index is -0.270. The van der Waals surface area contributed by atoms with E-state index in [1.807, 2.05) is 68.4 Å². The Hall–Kier alpha value is -3.80. The van der Waals surface area contributed by atoms with Crippen LogP contribution in [0.4, 0.5) is 0 Å². The van der Waals surface area contributed by atoms with E-state index in [1.165, 1.54) is 0 Å². The number of aromatic nitrogens is 2. The number of ether oxygens (including phenoxy) is 1. The number of methoxy groups -OCH3 is 1. The maximum atomic E-state index is 13.2. The molecule has 6 nitrogen and oxygen atoms in total. The summed E-state index contributed by atoms with van der Waals surface area (Å²) in [5, 5.41) is 7.72. The first kappa shape index (κ1) is 19.5. The van der Waals surface area contributed by atoms with E-state index in [0.29, 0.717) is 22.8 Å². The first-order valence-electron chi connectivity index (χ1n) is 9.70. The monoisotopic (exact) mass is 401 g/mol. The van der Waals surface area contributed by atoms with E-state index in [0.717, 1.165) is 16.8 Å². The molecule has 4 rings (SSSR count). The first-order chi connectivity index (χ1) is 14.5. The second kappa shape index (κ2) is 8.29. The molecule has 0 fully saturated rings. The maximum absolute atomic E-state index is 13.2. The molecular formula is C24H23N3O3. The van der Waals surface area contributed by atoms with Crippen LogP contribution in [0, 0.1) is 6.92 Å². The number of nitrogens with zero attached hydrogens (tertiary/aromatic N) is 2. The van der Waals surface area contributed by atoms with Gasteiger partial charge in [-0.05, 0) is 50.2 Å². The summed E-state index contributed by atoms with van der Waals surface area (Å²) in [6, 6.07) is 18.9. The number of furan rings is 1. The zero-order valence-electron chi connectivity index (χ0n) is 17.1. The van der Waals surface area contributed by atoms with E-state index in [2.05, 4.69) is 5.32 Å². The minimum absolute atomic E-state index is 0.227. The van der Waals surface area contributed by atoms with E-state index in [-0.39, 0.29) is 11.9 Å². The summed E-state index contributed by atoms with van der Waals surface area (Å²) in [5.41, 5.74) is 3.89. The van der Waals surface area contributed by atoms with Crippen LogP contribution >= 0.6 is 0 Å². The lowest BCUT2D eigenvalue weighted by Gasteiger charge is -2.11. The van der Waals surface area contributed by atoms with Crippen LogP contribution in [-0.4, -0.2) is 22.8 Å². The van der Waals surface area contributed by atoms with Crippen molar-refractivity contribution in [3.8, 4) is 22.7 Å². The lowest BCUT2D eigenvalue weighted by molar-refractivity contribution is 0.0936. The molecule has 152 valence electrons. The Morgan fingerprint density at radius 1 is 1.13 bits per heavy atom. The van der Waals surface area contributed by atoms with Gasteiger partial charge in [-0.3, -0.25) is 4.79 Å². The minimum Gasteiger partial charge on any atom is -0.497 e. The molecule has 0 saturated carbocycles. The molecule has 0 bridgehead atoms. The fourth-order valence-corrected chi connectivity index (χ4v) is 3.24. The normalized spacial score (nSPS) is 11.8. The van der Waals surface area contributed by atoms with Crippen molar-refractivity contribution < 1.29 is 13.9 Å². The number of carbonyl (C=O) groups excluding carboxylic acids is 1. The van der Waals surface area contributed by atoms with Crippen molar-refractivity contribution in [1.82, 2.24) is 15.1 Å². The van der Waals surface area contributed by atoms with Crippen molar-refractivity contribution in [2.75, 3.05) is 7.11 Å². The molecule has 30 heavy (non-hydrogen) atoms. The predicted octanol–water partition coefficient (Wildman–Crippen LogP) is 4.94. The average Bonchev–Trinajstić information content (AvgIpc) is 3.45. The Morgan fingerprint density at radius 2 is 1.93 bits per heavy atom. The highest BCUT2D eigenvalue weighted by molar-refractivity contribution is 6.00. The quantitative estimate of drug-likeness (QED) is 0.497. The molecule has 0 aliphatic rings. The third kappa shape index (κ3) is 3.98. The number of hydrogen-bond donors (Lipinski definition) is 1. The molecule has 2 aromatic carbocycles. The molecule has 0 radical (unpaired) electrons. The fourth-order valence-electron chi connectivity index (χ4n) is 3.24. The van der Waals surface area contributed by atoms with Crippen LogP contribution in [0.2, 0.25) is 0 Å². The van der Waals surface area contributed by atoms with Crippen molar-refractivity contribution in [3.63, 3.8) is 0 Å². The highest BCUT2D eigenvalue weighted by Crippen LogP contribution is 2.27. The van der Waals surface area contributed by atoms with Crippen molar-refractivity contribution in [3.05, 3.63) is 90.0 Å². The maximum Gasteiger partial charge on any atom is 0.255 e. The predicted molar refractivity (Wildman–Crippen MR) is 115 cm³/mol. The van der Waals surface area contributed by atoms with E-state index < -0.39 is 0 Å². The van der Waals surface area contributed by atoms with Gasteiger partial charge in [0.25, 0.3) is 5.91 Å². The number of aryl methyl sites for hydroxylation is 1. The van der Waals surface area contributed by atoms with Gasteiger partial charge in [-0.1, -0.05) is 29.8 Å². The zero-order chi connectivity index (χ0) is 21.1. The Morgan fingerprint density at radius 3 is 2.63 bits per heavy atom. The van der Waals surface area contributed by atoms with Gasteiger partial charge < -0.3 is 14.5 Å². The van der Waals surface area contributed by atoms with Gasteiger partial charge >= 0.3 is 0 Å². The van der Waals surface area contributed by atoms with Gasteiger partial charge in [-0.15, -0.1) is 0 Å². The van der Waals surface area contributed by atoms with Crippen molar-refractivity contribution in [2.45, 2.75) is 19.9 Å². The van der Waals surface area contributed by atoms with E-state index in [1.54, 1.807) is 30.3 Å². The lowest BCUT2D eigenvalue weighted by Crippen LogP contribution is -2.26. The highest BCUT2D eigenvalue weighted by atomic mass is 16.5. The molecule has 4 aromatic rings. The van der Waals surface area contributed by atoms with Gasteiger partial charge in [0.1, 0.15) is 17.2 Å². The summed E-state index contributed by atoms with van der Waals surface area (Å²) in [5.74, 6) is 1.17. The molecule has 2 heterocycles. The summed E-state index contributed by atoms with van der Waals surface area (Å²) < 4.78 is 12.5. The summed E-state index contributed by atoms with van der Waals surface area (Å²) in [6.07, 6.45) is 3.35. The summed E-state index contributed by atoms with van der Waals surface area (Å²) in [4.78, 5) is 13.2. The summed E-state index contributed by atoms with van der Waals surface area (Å²) >= 11 is 0. The molecule has 0 aliphatic carbocycles. The van der Waals surface area contributed by atoms with Crippen LogP contribution in [0.5, 0.6) is 5.75 Å². The van der Waals surface area contributed by atoms with Gasteiger partial charge in [0, 0.05) is 11.8 Å². The average molecular weight is 401 g/mol. The smallest absolute Gasteiger partial charge is 0.255 e. The Labute approximate surface area is 175 Å². The third-order valence-electron chi connectivity index (χ3n) is 4.92. The second-order valence-corrected chi connectivity index (χ2v) is 7.11. The molecule has 1 N–H and O–H groups in total. The van der Waals surface area contributed by atoms with E-state index >= 15 is 0 Å². The van der Waals surface area contributed by atoms with Crippen molar-refractivity contribution in [1.29, 1.82) is 0 Å². The molecule has 1 atom stereocenters. The van der Waals surface area contributed by atoms with Crippen molar-refractivity contribution >= 4 is 5.91 Å². The summed E-state index contributed by atoms with van der Waals surface area (Å²) in [7, 11) is 1.61. The van der Waals surface area contributed by atoms with Crippen LogP contribution < -0.4 is 10.1 Å². The van der Waals surface area contributed by atoms with Crippen LogP contribution in [0.1, 0.15) is 34.6 Å². The molecule has 0 unspecified atom stereocenters. The van der Waals surface area contributed by atoms with Gasteiger partial charge in [0.15, 0.2) is 0 Å². The molecule has 6 heteroatoms. The fraction of sp³-hybridized carbons (Fsp3) is 0.167. The Bertz CT molecular complexity index is 1140. The number of nitrogens with one attached hydrogen (secondary N) is 1. The van der Waals surface area contributed by atoms with Crippen LogP contribution in [-0.2, 0) is 0 Å². The summed E-state index contributed by atoms with van der Waals surface area (Å²) in [6.45, 7) is 3.91. The van der Waals surface area contributed by atoms with Crippen LogP contribution in [0.3, 0.4) is 0 Å². The number of rotatable bonds is 6. The molecule has 0 aliphatic heterocycles. The van der Waals surface area contributed by atoms with Gasteiger partial charge in [-0.25, -0.2) is 4.68 Å². The topological polar surface area (TPSA) is 69.3 Å². The Kier molecular flexibility index (Phi) is 5.39. The van der Waals surface area contributed by atoms with Gasteiger partial charge in [0.05, 0.1) is 30.7 Å². The molecular weight excluding hydrogens is 378 g/mol. The first-order valence-corrected chi connectivity index (χ1v) is 9.70. The van der Waals surface area contributed by atoms with Gasteiger partial charge in [-0.2, -0.15) is 5.10 Å². The number of carbonyl (C=O) groups is 1. The molecule has 0 saturated heterocycles. The van der Waals surface area contributed by atoms with Gasteiger partial charge in [0.2, 0.25) is 0 Å². The largest absolute Gasteiger partial charge is 0.497 e. The molecule has 2 aromatic heterocycles. The molecule has 0 spiro atoms. The van der Waals surface area contributed by atoms with Crippen LogP contribution in [0.15, 0.2) is 77.5 Å². The standard InChI is InChI=1S/C24H23N3O3/c1-16-9-11-19(12-10-16)27-15-21(24(28)25-17(2)22-8-5-13-30-22)23(26-27)18-6-4-7-20(14-18)29-3/h4-15,17H,1-3H3,(H,25,28)/t17-/m0/s1. The number of amides is 1. The number of benzene rings is 2. The molecule has 1 amide bonds. The second-order valence-electron chi connectivity index (χ2n) is 7.11. The van der Waals surface area contributed by atoms with Crippen molar-refractivity contribution in [2.24, 2.45) is 0 Å². The third-order valence-corrected chi connectivity index (χ3v) is 4.92. The number of hydrogen-bond acceptors (Lipinski definition) is 4. The van der Waals surface area contributed by atoms with E-state index in [9.17, 15) is 4.79 Å². The SMILES string of the molecule is COc1cccc(-c2nn(-c3ccc(C)cc3)cc2C(=O)N[C@@H](C)c2ccco2)c1. The van der Waals surface area contributed by atoms with Crippen LogP contribution in [0.25, 0.3) is 16.9 Å². The van der Waals surface area contributed by atoms with E-state index in [4.69, 9.17) is 14.3 Å². The highest BCUT2D eigenvalue weighted by Gasteiger charge is 2.21.